The standard InChI is InChI=1S/C23H31NO4S/c1-5-28-22(27)23(12-10-16(2)3,13-11-21(25)26)19-15-29-20(24-19)14-18-8-6-17(4)7-9-18/h6-9,15-16H,5,10-14H2,1-4H3,(H,25,26)/p-1/t23-/m0/s1. The summed E-state index contributed by atoms with van der Waals surface area (Å²) in [4.78, 5) is 29.0. The molecule has 0 aliphatic carbocycles. The Morgan fingerprint density at radius 3 is 2.48 bits per heavy atom. The highest BCUT2D eigenvalue weighted by molar-refractivity contribution is 7.09. The number of ether oxygens (including phenoxy) is 1. The van der Waals surface area contributed by atoms with Crippen molar-refractivity contribution in [1.82, 2.24) is 4.98 Å². The van der Waals surface area contributed by atoms with Crippen LogP contribution in [0, 0.1) is 12.8 Å². The lowest BCUT2D eigenvalue weighted by molar-refractivity contribution is -0.306. The minimum atomic E-state index is -1.17. The number of carboxylic acids is 1. The maximum atomic E-state index is 13.0. The van der Waals surface area contributed by atoms with Gasteiger partial charge >= 0.3 is 5.97 Å². The first-order valence-electron chi connectivity index (χ1n) is 10.1. The predicted octanol–water partition coefficient (Wildman–Crippen LogP) is 3.81. The molecule has 0 saturated heterocycles. The molecule has 0 bridgehead atoms. The van der Waals surface area contributed by atoms with Crippen LogP contribution < -0.4 is 5.11 Å². The van der Waals surface area contributed by atoms with Gasteiger partial charge < -0.3 is 14.6 Å². The number of carbonyl (C=O) groups is 2. The molecule has 5 nitrogen and oxygen atoms in total. The molecule has 0 radical (unpaired) electrons. The summed E-state index contributed by atoms with van der Waals surface area (Å²) >= 11 is 1.50. The second-order valence-electron chi connectivity index (χ2n) is 7.90. The van der Waals surface area contributed by atoms with Crippen molar-refractivity contribution in [2.75, 3.05) is 6.61 Å². The number of rotatable bonds is 11. The van der Waals surface area contributed by atoms with Gasteiger partial charge in [-0.05, 0) is 51.0 Å². The first-order valence-corrected chi connectivity index (χ1v) is 11.0. The first kappa shape index (κ1) is 23.1. The van der Waals surface area contributed by atoms with Gasteiger partial charge in [0.15, 0.2) is 0 Å². The van der Waals surface area contributed by atoms with Crippen LogP contribution in [0.25, 0.3) is 0 Å². The highest BCUT2D eigenvalue weighted by Gasteiger charge is 2.43. The SMILES string of the molecule is CCOC(=O)[C@](CCC(=O)[O-])(CCC(C)C)c1csc(Cc2ccc(C)cc2)n1. The highest BCUT2D eigenvalue weighted by Crippen LogP contribution is 2.38. The van der Waals surface area contributed by atoms with Gasteiger partial charge in [0.05, 0.1) is 17.3 Å². The molecule has 0 spiro atoms. The Morgan fingerprint density at radius 2 is 1.90 bits per heavy atom. The Kier molecular flexibility index (Phi) is 8.38. The van der Waals surface area contributed by atoms with Gasteiger partial charge in [-0.3, -0.25) is 4.79 Å². The van der Waals surface area contributed by atoms with E-state index in [2.05, 4.69) is 38.1 Å². The van der Waals surface area contributed by atoms with Crippen molar-refractivity contribution in [2.45, 2.75) is 65.2 Å². The van der Waals surface area contributed by atoms with Gasteiger partial charge in [-0.2, -0.15) is 0 Å². The van der Waals surface area contributed by atoms with E-state index in [-0.39, 0.29) is 19.4 Å². The quantitative estimate of drug-likeness (QED) is 0.521. The molecule has 0 aliphatic heterocycles. The molecule has 29 heavy (non-hydrogen) atoms. The highest BCUT2D eigenvalue weighted by atomic mass is 32.1. The van der Waals surface area contributed by atoms with Crippen LogP contribution in [0.2, 0.25) is 0 Å². The van der Waals surface area contributed by atoms with Crippen molar-refractivity contribution >= 4 is 23.3 Å². The number of esters is 1. The van der Waals surface area contributed by atoms with E-state index in [0.717, 1.165) is 17.0 Å². The third-order valence-corrected chi connectivity index (χ3v) is 5.94. The van der Waals surface area contributed by atoms with Crippen molar-refractivity contribution in [2.24, 2.45) is 5.92 Å². The van der Waals surface area contributed by atoms with Gasteiger partial charge in [-0.15, -0.1) is 11.3 Å². The summed E-state index contributed by atoms with van der Waals surface area (Å²) in [5.41, 5.74) is 1.91. The van der Waals surface area contributed by atoms with Crippen molar-refractivity contribution in [3.05, 3.63) is 51.5 Å². The van der Waals surface area contributed by atoms with E-state index >= 15 is 0 Å². The number of carbonyl (C=O) groups excluding carboxylic acids is 2. The summed E-state index contributed by atoms with van der Waals surface area (Å²) in [6, 6.07) is 8.28. The molecule has 1 heterocycles. The lowest BCUT2D eigenvalue weighted by atomic mass is 9.75. The van der Waals surface area contributed by atoms with Gasteiger partial charge in [-0.25, -0.2) is 4.98 Å². The third kappa shape index (κ3) is 6.39. The van der Waals surface area contributed by atoms with Crippen LogP contribution in [0.15, 0.2) is 29.6 Å². The fraction of sp³-hybridized carbons (Fsp3) is 0.522. The average Bonchev–Trinajstić information content (AvgIpc) is 3.12. The maximum absolute atomic E-state index is 13.0. The summed E-state index contributed by atoms with van der Waals surface area (Å²) < 4.78 is 5.38. The van der Waals surface area contributed by atoms with E-state index in [1.54, 1.807) is 6.92 Å². The predicted molar refractivity (Wildman–Crippen MR) is 113 cm³/mol. The molecule has 0 aliphatic rings. The molecule has 0 amide bonds. The number of hydrogen-bond donors (Lipinski definition) is 0. The van der Waals surface area contributed by atoms with Crippen molar-refractivity contribution in [3.8, 4) is 0 Å². The molecule has 158 valence electrons. The minimum absolute atomic E-state index is 0.134. The lowest BCUT2D eigenvalue weighted by Gasteiger charge is -2.31. The summed E-state index contributed by atoms with van der Waals surface area (Å²) in [5, 5.41) is 14.0. The first-order chi connectivity index (χ1) is 13.8. The van der Waals surface area contributed by atoms with Gasteiger partial charge in [-0.1, -0.05) is 43.7 Å². The monoisotopic (exact) mass is 416 g/mol. The van der Waals surface area contributed by atoms with Crippen LogP contribution in [0.4, 0.5) is 0 Å². The molecule has 0 unspecified atom stereocenters. The molecule has 2 rings (SSSR count). The maximum Gasteiger partial charge on any atom is 0.318 e. The van der Waals surface area contributed by atoms with Crippen LogP contribution in [-0.2, 0) is 26.2 Å². The second-order valence-corrected chi connectivity index (χ2v) is 8.84. The number of thiazole rings is 1. The molecule has 1 aromatic carbocycles. The number of carboxylic acid groups (broad SMARTS) is 1. The van der Waals surface area contributed by atoms with Crippen molar-refractivity contribution in [3.63, 3.8) is 0 Å². The van der Waals surface area contributed by atoms with Crippen molar-refractivity contribution in [1.29, 1.82) is 0 Å². The molecule has 0 fully saturated rings. The molecule has 0 saturated carbocycles. The van der Waals surface area contributed by atoms with E-state index in [1.807, 2.05) is 12.3 Å². The summed E-state index contributed by atoms with van der Waals surface area (Å²) in [5.74, 6) is -1.19. The number of benzene rings is 1. The Hall–Kier alpha value is -2.21. The van der Waals surface area contributed by atoms with Crippen LogP contribution in [0.5, 0.6) is 0 Å². The summed E-state index contributed by atoms with van der Waals surface area (Å²) in [7, 11) is 0. The number of aryl methyl sites for hydroxylation is 1. The molecule has 1 atom stereocenters. The van der Waals surface area contributed by atoms with Gasteiger partial charge in [0.1, 0.15) is 5.41 Å². The van der Waals surface area contributed by atoms with E-state index in [1.165, 1.54) is 16.9 Å². The Balaban J connectivity index is 2.37. The van der Waals surface area contributed by atoms with Crippen LogP contribution in [0.3, 0.4) is 0 Å². The fourth-order valence-corrected chi connectivity index (χ4v) is 4.23. The lowest BCUT2D eigenvalue weighted by Crippen LogP contribution is -2.40. The number of aromatic nitrogens is 1. The molecule has 6 heteroatoms. The Morgan fingerprint density at radius 1 is 1.21 bits per heavy atom. The van der Waals surface area contributed by atoms with E-state index in [4.69, 9.17) is 9.72 Å². The molecule has 0 N–H and O–H groups in total. The molecule has 1 aromatic heterocycles. The zero-order valence-corrected chi connectivity index (χ0v) is 18.5. The molecular formula is C23H30NO4S-. The van der Waals surface area contributed by atoms with Crippen LogP contribution >= 0.6 is 11.3 Å². The Bertz CT molecular complexity index is 813. The number of aliphatic carboxylic acids is 1. The topological polar surface area (TPSA) is 79.3 Å². The van der Waals surface area contributed by atoms with Crippen LogP contribution in [-0.4, -0.2) is 23.5 Å². The number of nitrogens with zero attached hydrogens (tertiary/aromatic N) is 1. The Labute approximate surface area is 177 Å². The summed E-state index contributed by atoms with van der Waals surface area (Å²) in [6.45, 7) is 8.21. The largest absolute Gasteiger partial charge is 0.550 e. The third-order valence-electron chi connectivity index (χ3n) is 5.09. The van der Waals surface area contributed by atoms with E-state index in [0.29, 0.717) is 24.5 Å². The molecular weight excluding hydrogens is 386 g/mol. The van der Waals surface area contributed by atoms with Crippen molar-refractivity contribution < 1.29 is 19.4 Å². The normalized spacial score (nSPS) is 13.3. The fourth-order valence-electron chi connectivity index (χ4n) is 3.30. The number of hydrogen-bond acceptors (Lipinski definition) is 6. The van der Waals surface area contributed by atoms with Crippen LogP contribution in [0.1, 0.15) is 68.3 Å². The second kappa shape index (κ2) is 10.5. The summed E-state index contributed by atoms with van der Waals surface area (Å²) in [6.07, 6.45) is 1.88. The minimum Gasteiger partial charge on any atom is -0.550 e. The van der Waals surface area contributed by atoms with E-state index < -0.39 is 17.4 Å². The van der Waals surface area contributed by atoms with E-state index in [9.17, 15) is 14.7 Å². The average molecular weight is 417 g/mol. The smallest absolute Gasteiger partial charge is 0.318 e. The zero-order chi connectivity index (χ0) is 21.4. The zero-order valence-electron chi connectivity index (χ0n) is 17.7. The van der Waals surface area contributed by atoms with Gasteiger partial charge in [0.2, 0.25) is 0 Å². The van der Waals surface area contributed by atoms with Gasteiger partial charge in [0.25, 0.3) is 0 Å². The van der Waals surface area contributed by atoms with Gasteiger partial charge in [0, 0.05) is 17.8 Å². The molecule has 2 aromatic rings.